The fourth-order valence-electron chi connectivity index (χ4n) is 2.57. The van der Waals surface area contributed by atoms with E-state index in [0.717, 1.165) is 24.2 Å². The minimum Gasteiger partial charge on any atom is -0.360 e. The minimum atomic E-state index is -0.355. The Morgan fingerprint density at radius 1 is 1.29 bits per heavy atom. The van der Waals surface area contributed by atoms with Crippen LogP contribution in [0.25, 0.3) is 5.69 Å². The van der Waals surface area contributed by atoms with Gasteiger partial charge in [-0.05, 0) is 50.1 Å². The zero-order valence-corrected chi connectivity index (χ0v) is 13.0. The van der Waals surface area contributed by atoms with Crippen molar-refractivity contribution in [1.82, 2.24) is 14.9 Å². The van der Waals surface area contributed by atoms with E-state index in [-0.39, 0.29) is 11.7 Å². The number of benzene rings is 1. The van der Waals surface area contributed by atoms with Crippen LogP contribution in [-0.4, -0.2) is 20.8 Å². The van der Waals surface area contributed by atoms with E-state index in [2.05, 4.69) is 15.6 Å². The average molecular weight is 326 g/mol. The first kappa shape index (κ1) is 14.6. The number of nitrogens with one attached hydrogen (secondary N) is 1. The van der Waals surface area contributed by atoms with Crippen LogP contribution in [0.3, 0.4) is 0 Å². The molecule has 1 amide bonds. The molecule has 1 saturated carbocycles. The van der Waals surface area contributed by atoms with Gasteiger partial charge in [-0.25, -0.2) is 9.07 Å². The zero-order valence-electron chi connectivity index (χ0n) is 13.0. The van der Waals surface area contributed by atoms with E-state index in [1.54, 1.807) is 35.9 Å². The Kier molecular flexibility index (Phi) is 3.41. The molecule has 1 fully saturated rings. The Balaban J connectivity index is 1.65. The van der Waals surface area contributed by atoms with Crippen LogP contribution < -0.4 is 5.32 Å². The number of amides is 1. The van der Waals surface area contributed by atoms with Crippen LogP contribution in [0, 0.1) is 12.7 Å². The van der Waals surface area contributed by atoms with Gasteiger partial charge in [-0.3, -0.25) is 4.79 Å². The minimum absolute atomic E-state index is 0.293. The van der Waals surface area contributed by atoms with Gasteiger partial charge in [-0.15, -0.1) is 0 Å². The Bertz CT molecular complexity index is 894. The van der Waals surface area contributed by atoms with E-state index in [1.165, 1.54) is 12.1 Å². The smallest absolute Gasteiger partial charge is 0.277 e. The van der Waals surface area contributed by atoms with E-state index < -0.39 is 0 Å². The van der Waals surface area contributed by atoms with Crippen molar-refractivity contribution in [3.8, 4) is 5.69 Å². The molecule has 1 N–H and O–H groups in total. The molecular weight excluding hydrogens is 311 g/mol. The topological polar surface area (TPSA) is 73.0 Å². The van der Waals surface area contributed by atoms with Crippen molar-refractivity contribution in [2.24, 2.45) is 0 Å². The zero-order chi connectivity index (χ0) is 16.7. The third-order valence-corrected chi connectivity index (χ3v) is 3.91. The summed E-state index contributed by atoms with van der Waals surface area (Å²) in [5, 5.41) is 10.8. The molecule has 0 unspecified atom stereocenters. The van der Waals surface area contributed by atoms with Gasteiger partial charge in [0.15, 0.2) is 11.5 Å². The monoisotopic (exact) mass is 326 g/mol. The maximum atomic E-state index is 13.1. The quantitative estimate of drug-likeness (QED) is 0.797. The molecule has 24 heavy (non-hydrogen) atoms. The van der Waals surface area contributed by atoms with Crippen molar-refractivity contribution >= 4 is 11.7 Å². The number of anilines is 1. The average Bonchev–Trinajstić information content (AvgIpc) is 3.18. The number of aryl methyl sites for hydroxylation is 1. The van der Waals surface area contributed by atoms with Crippen molar-refractivity contribution < 1.29 is 13.7 Å². The van der Waals surface area contributed by atoms with Gasteiger partial charge in [0.2, 0.25) is 0 Å². The highest BCUT2D eigenvalue weighted by molar-refractivity contribution is 6.02. The number of rotatable bonds is 4. The first-order valence-electron chi connectivity index (χ1n) is 7.71. The molecule has 0 bridgehead atoms. The van der Waals surface area contributed by atoms with Crippen molar-refractivity contribution in [3.05, 3.63) is 59.4 Å². The third kappa shape index (κ3) is 2.80. The second-order valence-corrected chi connectivity index (χ2v) is 5.89. The van der Waals surface area contributed by atoms with E-state index in [1.807, 2.05) is 0 Å². The molecule has 3 aromatic rings. The highest BCUT2D eigenvalue weighted by Crippen LogP contribution is 2.41. The molecule has 1 aliphatic carbocycles. The lowest BCUT2D eigenvalue weighted by Gasteiger charge is -2.06. The molecule has 1 aliphatic rings. The molecule has 4 rings (SSSR count). The number of hydrogen-bond donors (Lipinski definition) is 1. The first-order valence-corrected chi connectivity index (χ1v) is 7.71. The molecule has 0 atom stereocenters. The van der Waals surface area contributed by atoms with Crippen LogP contribution in [-0.2, 0) is 0 Å². The lowest BCUT2D eigenvalue weighted by molar-refractivity contribution is 0.102. The Labute approximate surface area is 137 Å². The summed E-state index contributed by atoms with van der Waals surface area (Å²) in [5.41, 5.74) is 1.99. The fourth-order valence-corrected chi connectivity index (χ4v) is 2.57. The predicted molar refractivity (Wildman–Crippen MR) is 84.7 cm³/mol. The van der Waals surface area contributed by atoms with Crippen molar-refractivity contribution in [3.63, 3.8) is 0 Å². The van der Waals surface area contributed by atoms with Crippen molar-refractivity contribution in [2.75, 3.05) is 5.32 Å². The number of nitrogens with zero attached hydrogens (tertiary/aromatic N) is 3. The van der Waals surface area contributed by atoms with Gasteiger partial charge in [-0.2, -0.15) is 5.10 Å². The Morgan fingerprint density at radius 2 is 2.04 bits per heavy atom. The molecular formula is C17H15FN4O2. The van der Waals surface area contributed by atoms with Gasteiger partial charge in [-0.1, -0.05) is 5.16 Å². The summed E-state index contributed by atoms with van der Waals surface area (Å²) < 4.78 is 19.8. The van der Waals surface area contributed by atoms with Gasteiger partial charge < -0.3 is 9.84 Å². The molecule has 0 spiro atoms. The number of halogens is 1. The van der Waals surface area contributed by atoms with Gasteiger partial charge >= 0.3 is 0 Å². The van der Waals surface area contributed by atoms with Crippen LogP contribution in [0.1, 0.15) is 40.7 Å². The van der Waals surface area contributed by atoms with Gasteiger partial charge in [0.25, 0.3) is 5.91 Å². The standard InChI is InChI=1S/C17H15FN4O2/c1-10-8-16(21-24-10)19-17(23)14-9-15(11-2-3-11)22(20-14)13-6-4-12(18)5-7-13/h4-9,11H,2-3H2,1H3,(H,19,21,23). The molecule has 0 saturated heterocycles. The number of hydrogen-bond acceptors (Lipinski definition) is 4. The summed E-state index contributed by atoms with van der Waals surface area (Å²) in [5.74, 6) is 0.685. The van der Waals surface area contributed by atoms with Crippen LogP contribution in [0.5, 0.6) is 0 Å². The molecule has 2 heterocycles. The summed E-state index contributed by atoms with van der Waals surface area (Å²) in [6.07, 6.45) is 2.13. The number of carbonyl (C=O) groups is 1. The van der Waals surface area contributed by atoms with Gasteiger partial charge in [0.1, 0.15) is 11.6 Å². The van der Waals surface area contributed by atoms with Crippen molar-refractivity contribution in [1.29, 1.82) is 0 Å². The fraction of sp³-hybridized carbons (Fsp3) is 0.235. The van der Waals surface area contributed by atoms with E-state index in [9.17, 15) is 9.18 Å². The van der Waals surface area contributed by atoms with Gasteiger partial charge in [0.05, 0.1) is 5.69 Å². The Hall–Kier alpha value is -2.96. The summed E-state index contributed by atoms with van der Waals surface area (Å²) >= 11 is 0. The molecule has 0 aliphatic heterocycles. The molecule has 6 nitrogen and oxygen atoms in total. The summed E-state index contributed by atoms with van der Waals surface area (Å²) in [6.45, 7) is 1.75. The van der Waals surface area contributed by atoms with Crippen LogP contribution in [0.15, 0.2) is 40.9 Å². The van der Waals surface area contributed by atoms with Crippen molar-refractivity contribution in [2.45, 2.75) is 25.7 Å². The van der Waals surface area contributed by atoms with Crippen LogP contribution in [0.4, 0.5) is 10.2 Å². The third-order valence-electron chi connectivity index (χ3n) is 3.91. The molecule has 122 valence electrons. The number of carbonyl (C=O) groups excluding carboxylic acids is 1. The summed E-state index contributed by atoms with van der Waals surface area (Å²) in [7, 11) is 0. The lowest BCUT2D eigenvalue weighted by Crippen LogP contribution is -2.13. The summed E-state index contributed by atoms with van der Waals surface area (Å²) in [6, 6.07) is 9.48. The summed E-state index contributed by atoms with van der Waals surface area (Å²) in [4.78, 5) is 12.4. The normalized spacial score (nSPS) is 13.9. The molecule has 2 aromatic heterocycles. The predicted octanol–water partition coefficient (Wildman–Crippen LogP) is 3.44. The largest absolute Gasteiger partial charge is 0.360 e. The highest BCUT2D eigenvalue weighted by Gasteiger charge is 2.30. The molecule has 0 radical (unpaired) electrons. The van der Waals surface area contributed by atoms with Crippen LogP contribution >= 0.6 is 0 Å². The van der Waals surface area contributed by atoms with E-state index in [0.29, 0.717) is 23.2 Å². The maximum absolute atomic E-state index is 13.1. The second kappa shape index (κ2) is 5.59. The van der Waals surface area contributed by atoms with E-state index >= 15 is 0 Å². The van der Waals surface area contributed by atoms with Gasteiger partial charge in [0, 0.05) is 17.7 Å². The maximum Gasteiger partial charge on any atom is 0.277 e. The van der Waals surface area contributed by atoms with Crippen LogP contribution in [0.2, 0.25) is 0 Å². The molecule has 1 aromatic carbocycles. The molecule has 7 heteroatoms. The lowest BCUT2D eigenvalue weighted by atomic mass is 10.2. The highest BCUT2D eigenvalue weighted by atomic mass is 19.1. The number of aromatic nitrogens is 3. The Morgan fingerprint density at radius 3 is 2.67 bits per heavy atom. The SMILES string of the molecule is Cc1cc(NC(=O)c2cc(C3CC3)n(-c3ccc(F)cc3)n2)no1. The van der Waals surface area contributed by atoms with E-state index in [4.69, 9.17) is 4.52 Å². The second-order valence-electron chi connectivity index (χ2n) is 5.89. The first-order chi connectivity index (χ1) is 11.6.